The van der Waals surface area contributed by atoms with Crippen molar-refractivity contribution in [2.24, 2.45) is 0 Å². The Bertz CT molecular complexity index is 728. The lowest BCUT2D eigenvalue weighted by Crippen LogP contribution is -2.44. The van der Waals surface area contributed by atoms with Crippen molar-refractivity contribution in [3.05, 3.63) is 47.8 Å². The fraction of sp³-hybridized carbons (Fsp3) is 0.450. The Morgan fingerprint density at radius 2 is 1.92 bits per heavy atom. The van der Waals surface area contributed by atoms with E-state index in [0.717, 1.165) is 37.1 Å². The van der Waals surface area contributed by atoms with Crippen molar-refractivity contribution in [1.82, 2.24) is 14.9 Å². The highest BCUT2D eigenvalue weighted by atomic mass is 16.5. The molecule has 1 aromatic carbocycles. The summed E-state index contributed by atoms with van der Waals surface area (Å²) in [4.78, 5) is 25.2. The SMILES string of the molecule is CCc1cnc(OC2CCCN(C(=O)c3ccc(N(C)C)cc3)C2)nc1. The van der Waals surface area contributed by atoms with Crippen LogP contribution in [0.4, 0.5) is 5.69 Å². The van der Waals surface area contributed by atoms with Crippen LogP contribution in [0.15, 0.2) is 36.7 Å². The van der Waals surface area contributed by atoms with Crippen LogP contribution in [0.1, 0.15) is 35.7 Å². The number of hydrogen-bond acceptors (Lipinski definition) is 5. The molecule has 1 amide bonds. The van der Waals surface area contributed by atoms with E-state index in [9.17, 15) is 4.79 Å². The number of aryl methyl sites for hydroxylation is 1. The van der Waals surface area contributed by atoms with Gasteiger partial charge in [0.1, 0.15) is 6.10 Å². The first-order valence-electron chi connectivity index (χ1n) is 9.11. The third-order valence-electron chi connectivity index (χ3n) is 4.66. The quantitative estimate of drug-likeness (QED) is 0.826. The number of amides is 1. The summed E-state index contributed by atoms with van der Waals surface area (Å²) >= 11 is 0. The Hall–Kier alpha value is -2.63. The smallest absolute Gasteiger partial charge is 0.316 e. The summed E-state index contributed by atoms with van der Waals surface area (Å²) in [6.45, 7) is 3.38. The number of carbonyl (C=O) groups is 1. The van der Waals surface area contributed by atoms with E-state index in [-0.39, 0.29) is 12.0 Å². The average Bonchev–Trinajstić information content (AvgIpc) is 2.68. The minimum Gasteiger partial charge on any atom is -0.458 e. The molecular formula is C20H26N4O2. The Balaban J connectivity index is 1.62. The monoisotopic (exact) mass is 354 g/mol. The number of likely N-dealkylation sites (tertiary alicyclic amines) is 1. The zero-order valence-electron chi connectivity index (χ0n) is 15.7. The number of piperidine rings is 1. The van der Waals surface area contributed by atoms with Crippen molar-refractivity contribution in [3.8, 4) is 6.01 Å². The predicted octanol–water partition coefficient (Wildman–Crippen LogP) is 2.79. The Kier molecular flexibility index (Phi) is 5.71. The zero-order valence-corrected chi connectivity index (χ0v) is 15.7. The minimum absolute atomic E-state index is 0.0471. The Morgan fingerprint density at radius 1 is 1.23 bits per heavy atom. The summed E-state index contributed by atoms with van der Waals surface area (Å²) in [6, 6.07) is 8.09. The summed E-state index contributed by atoms with van der Waals surface area (Å²) in [7, 11) is 3.97. The number of aromatic nitrogens is 2. The van der Waals surface area contributed by atoms with Crippen LogP contribution < -0.4 is 9.64 Å². The number of benzene rings is 1. The fourth-order valence-electron chi connectivity index (χ4n) is 3.04. The van der Waals surface area contributed by atoms with E-state index in [0.29, 0.717) is 18.1 Å². The fourth-order valence-corrected chi connectivity index (χ4v) is 3.04. The topological polar surface area (TPSA) is 58.6 Å². The Labute approximate surface area is 154 Å². The first kappa shape index (κ1) is 18.2. The van der Waals surface area contributed by atoms with Gasteiger partial charge in [0.25, 0.3) is 5.91 Å². The Morgan fingerprint density at radius 3 is 2.54 bits per heavy atom. The number of anilines is 1. The summed E-state index contributed by atoms with van der Waals surface area (Å²) < 4.78 is 5.90. The molecule has 0 spiro atoms. The molecule has 1 unspecified atom stereocenters. The number of rotatable bonds is 5. The molecule has 1 atom stereocenters. The minimum atomic E-state index is -0.0683. The summed E-state index contributed by atoms with van der Waals surface area (Å²) in [5, 5.41) is 0. The molecule has 1 fully saturated rings. The molecule has 6 heteroatoms. The molecule has 0 radical (unpaired) electrons. The van der Waals surface area contributed by atoms with E-state index in [2.05, 4.69) is 16.9 Å². The van der Waals surface area contributed by atoms with E-state index in [1.165, 1.54) is 0 Å². The second kappa shape index (κ2) is 8.17. The van der Waals surface area contributed by atoms with Gasteiger partial charge in [-0.15, -0.1) is 0 Å². The van der Waals surface area contributed by atoms with Crippen molar-refractivity contribution in [2.45, 2.75) is 32.3 Å². The highest BCUT2D eigenvalue weighted by Crippen LogP contribution is 2.19. The summed E-state index contributed by atoms with van der Waals surface area (Å²) in [5.41, 5.74) is 2.87. The van der Waals surface area contributed by atoms with Crippen LogP contribution in [-0.4, -0.2) is 54.1 Å². The zero-order chi connectivity index (χ0) is 18.5. The first-order chi connectivity index (χ1) is 12.6. The third kappa shape index (κ3) is 4.31. The van der Waals surface area contributed by atoms with Gasteiger partial charge >= 0.3 is 6.01 Å². The molecule has 1 aliphatic heterocycles. The van der Waals surface area contributed by atoms with Gasteiger partial charge in [-0.25, -0.2) is 9.97 Å². The maximum Gasteiger partial charge on any atom is 0.316 e. The van der Waals surface area contributed by atoms with E-state index >= 15 is 0 Å². The van der Waals surface area contributed by atoms with E-state index in [1.807, 2.05) is 48.2 Å². The van der Waals surface area contributed by atoms with Crippen LogP contribution in [-0.2, 0) is 6.42 Å². The van der Waals surface area contributed by atoms with Gasteiger partial charge in [-0.05, 0) is 49.1 Å². The van der Waals surface area contributed by atoms with E-state index in [4.69, 9.17) is 4.74 Å². The molecule has 0 aliphatic carbocycles. The van der Waals surface area contributed by atoms with Crippen molar-refractivity contribution in [3.63, 3.8) is 0 Å². The van der Waals surface area contributed by atoms with Crippen LogP contribution in [0.5, 0.6) is 6.01 Å². The molecule has 3 rings (SSSR count). The van der Waals surface area contributed by atoms with Crippen LogP contribution in [0.25, 0.3) is 0 Å². The molecule has 1 aromatic heterocycles. The molecule has 138 valence electrons. The molecule has 2 heterocycles. The molecule has 2 aromatic rings. The standard InChI is InChI=1S/C20H26N4O2/c1-4-15-12-21-20(22-13-15)26-18-6-5-11-24(14-18)19(25)16-7-9-17(10-8-16)23(2)3/h7-10,12-13,18H,4-6,11,14H2,1-3H3. The average molecular weight is 354 g/mol. The highest BCUT2D eigenvalue weighted by molar-refractivity contribution is 5.94. The molecule has 1 aliphatic rings. The maximum absolute atomic E-state index is 12.8. The number of nitrogens with zero attached hydrogens (tertiary/aromatic N) is 4. The van der Waals surface area contributed by atoms with Gasteiger partial charge in [-0.2, -0.15) is 0 Å². The van der Waals surface area contributed by atoms with Gasteiger partial charge in [0.05, 0.1) is 6.54 Å². The predicted molar refractivity (Wildman–Crippen MR) is 102 cm³/mol. The molecule has 1 saturated heterocycles. The van der Waals surface area contributed by atoms with E-state index < -0.39 is 0 Å². The number of ether oxygens (including phenoxy) is 1. The lowest BCUT2D eigenvalue weighted by Gasteiger charge is -2.32. The van der Waals surface area contributed by atoms with Gasteiger partial charge in [-0.1, -0.05) is 6.92 Å². The molecular weight excluding hydrogens is 328 g/mol. The maximum atomic E-state index is 12.8. The van der Waals surface area contributed by atoms with Gasteiger partial charge in [0.2, 0.25) is 0 Å². The summed E-state index contributed by atoms with van der Waals surface area (Å²) in [6.07, 6.45) is 6.24. The van der Waals surface area contributed by atoms with Gasteiger partial charge < -0.3 is 14.5 Å². The third-order valence-corrected chi connectivity index (χ3v) is 4.66. The van der Waals surface area contributed by atoms with Gasteiger partial charge in [0.15, 0.2) is 0 Å². The van der Waals surface area contributed by atoms with Crippen molar-refractivity contribution < 1.29 is 9.53 Å². The van der Waals surface area contributed by atoms with Crippen LogP contribution in [0.3, 0.4) is 0 Å². The number of carbonyl (C=O) groups excluding carboxylic acids is 1. The lowest BCUT2D eigenvalue weighted by molar-refractivity contribution is 0.0515. The molecule has 0 saturated carbocycles. The van der Waals surface area contributed by atoms with Crippen molar-refractivity contribution >= 4 is 11.6 Å². The second-order valence-electron chi connectivity index (χ2n) is 6.80. The van der Waals surface area contributed by atoms with Crippen molar-refractivity contribution in [2.75, 3.05) is 32.1 Å². The molecule has 0 N–H and O–H groups in total. The van der Waals surface area contributed by atoms with Gasteiger partial charge in [0, 0.05) is 44.3 Å². The second-order valence-corrected chi connectivity index (χ2v) is 6.80. The van der Waals surface area contributed by atoms with Crippen LogP contribution >= 0.6 is 0 Å². The largest absolute Gasteiger partial charge is 0.458 e. The van der Waals surface area contributed by atoms with E-state index in [1.54, 1.807) is 12.4 Å². The lowest BCUT2D eigenvalue weighted by atomic mass is 10.1. The number of hydrogen-bond donors (Lipinski definition) is 0. The summed E-state index contributed by atoms with van der Waals surface area (Å²) in [5.74, 6) is 0.0471. The van der Waals surface area contributed by atoms with Crippen LogP contribution in [0, 0.1) is 0 Å². The molecule has 0 bridgehead atoms. The first-order valence-corrected chi connectivity index (χ1v) is 9.11. The highest BCUT2D eigenvalue weighted by Gasteiger charge is 2.26. The van der Waals surface area contributed by atoms with Gasteiger partial charge in [-0.3, -0.25) is 4.79 Å². The molecule has 6 nitrogen and oxygen atoms in total. The van der Waals surface area contributed by atoms with Crippen molar-refractivity contribution in [1.29, 1.82) is 0 Å². The van der Waals surface area contributed by atoms with Crippen LogP contribution in [0.2, 0.25) is 0 Å². The normalized spacial score (nSPS) is 17.0. The molecule has 26 heavy (non-hydrogen) atoms.